The standard InChI is InChI=1S/C32H49N3O8S/c1-22-10-12-26(37)20-29(38)43-30(23(2)11-13-28(22)42-31(39)35-16-14-34(6)15-17-35)24(3)18-25-8-7-9-27(19-25)44(40,41)33-32(4,5)21-36/h7-9,11,13,18-19,22-23,26,28,30,33,36-37H,10,12,14-17,20-21H2,1-6H3/b13-11+,24-18+/t22-,23-,26+,28-,30-/m0/s1. The van der Waals surface area contributed by atoms with E-state index < -0.39 is 39.8 Å². The normalized spacial score (nSPS) is 27.5. The zero-order chi connectivity index (χ0) is 32.7. The van der Waals surface area contributed by atoms with Crippen LogP contribution in [0.1, 0.15) is 59.4 Å². The molecule has 0 bridgehead atoms. The van der Waals surface area contributed by atoms with Crippen molar-refractivity contribution in [3.05, 3.63) is 47.6 Å². The molecule has 1 amide bonds. The predicted octanol–water partition coefficient (Wildman–Crippen LogP) is 3.18. The number of hydrogen-bond acceptors (Lipinski definition) is 9. The third-order valence-corrected chi connectivity index (χ3v) is 9.77. The number of esters is 1. The van der Waals surface area contributed by atoms with Crippen molar-refractivity contribution >= 4 is 28.2 Å². The summed E-state index contributed by atoms with van der Waals surface area (Å²) in [5.74, 6) is -0.958. The summed E-state index contributed by atoms with van der Waals surface area (Å²) in [6.45, 7) is 11.2. The summed E-state index contributed by atoms with van der Waals surface area (Å²) in [4.78, 5) is 29.8. The van der Waals surface area contributed by atoms with Gasteiger partial charge >= 0.3 is 12.1 Å². The number of carbonyl (C=O) groups is 2. The van der Waals surface area contributed by atoms with Gasteiger partial charge < -0.3 is 29.5 Å². The highest BCUT2D eigenvalue weighted by molar-refractivity contribution is 7.89. The Kier molecular flexibility index (Phi) is 12.6. The molecule has 3 rings (SSSR count). The second kappa shape index (κ2) is 15.5. The van der Waals surface area contributed by atoms with Gasteiger partial charge in [0.2, 0.25) is 10.0 Å². The van der Waals surface area contributed by atoms with Gasteiger partial charge in [-0.1, -0.05) is 38.1 Å². The third-order valence-electron chi connectivity index (χ3n) is 8.07. The number of aliphatic hydroxyl groups is 2. The zero-order valence-electron chi connectivity index (χ0n) is 26.7. The summed E-state index contributed by atoms with van der Waals surface area (Å²) >= 11 is 0. The molecule has 0 aliphatic carbocycles. The Hall–Kier alpha value is -2.77. The Morgan fingerprint density at radius 3 is 2.50 bits per heavy atom. The van der Waals surface area contributed by atoms with Crippen molar-refractivity contribution < 1.29 is 37.7 Å². The molecule has 0 unspecified atom stereocenters. The minimum atomic E-state index is -3.91. The van der Waals surface area contributed by atoms with E-state index in [1.165, 1.54) is 12.1 Å². The lowest BCUT2D eigenvalue weighted by molar-refractivity contribution is -0.151. The SMILES string of the molecule is C/C(=C\c1cccc(S(=O)(=O)NC(C)(C)CO)c1)[C@H]1OC(=O)C[C@H](O)CC[C@H](C)[C@@H](OC(=O)N2CCN(C)CC2)/C=C/[C@@H]1C. The van der Waals surface area contributed by atoms with Crippen molar-refractivity contribution in [3.63, 3.8) is 0 Å². The van der Waals surface area contributed by atoms with E-state index in [-0.39, 0.29) is 35.9 Å². The molecule has 2 aliphatic rings. The van der Waals surface area contributed by atoms with E-state index in [4.69, 9.17) is 9.47 Å². The van der Waals surface area contributed by atoms with Gasteiger partial charge in [0.25, 0.3) is 0 Å². The van der Waals surface area contributed by atoms with Crippen LogP contribution in [0.4, 0.5) is 4.79 Å². The Labute approximate surface area is 261 Å². The number of cyclic esters (lactones) is 1. The van der Waals surface area contributed by atoms with Gasteiger partial charge in [0.15, 0.2) is 0 Å². The molecule has 0 aromatic heterocycles. The molecular formula is C32H49N3O8S. The quantitative estimate of drug-likeness (QED) is 0.304. The average Bonchev–Trinajstić information content (AvgIpc) is 2.96. The van der Waals surface area contributed by atoms with Crippen LogP contribution in [0.25, 0.3) is 6.08 Å². The predicted molar refractivity (Wildman–Crippen MR) is 168 cm³/mol. The van der Waals surface area contributed by atoms with Gasteiger partial charge in [0.1, 0.15) is 12.2 Å². The molecule has 2 heterocycles. The van der Waals surface area contributed by atoms with Crippen LogP contribution in [-0.4, -0.2) is 104 Å². The van der Waals surface area contributed by atoms with E-state index in [0.717, 1.165) is 13.1 Å². The van der Waals surface area contributed by atoms with Crippen LogP contribution < -0.4 is 4.72 Å². The van der Waals surface area contributed by atoms with Crippen LogP contribution in [0.15, 0.2) is 46.9 Å². The summed E-state index contributed by atoms with van der Waals surface area (Å²) in [6.07, 6.45) is 3.69. The lowest BCUT2D eigenvalue weighted by Crippen LogP contribution is -2.48. The van der Waals surface area contributed by atoms with Crippen molar-refractivity contribution in [3.8, 4) is 0 Å². The number of rotatable bonds is 7. The van der Waals surface area contributed by atoms with Crippen LogP contribution >= 0.6 is 0 Å². The lowest BCUT2D eigenvalue weighted by Gasteiger charge is -2.33. The van der Waals surface area contributed by atoms with Crippen molar-refractivity contribution in [1.29, 1.82) is 0 Å². The van der Waals surface area contributed by atoms with Gasteiger partial charge in [-0.25, -0.2) is 17.9 Å². The maximum atomic E-state index is 13.0. The number of benzene rings is 1. The molecule has 1 aromatic rings. The summed E-state index contributed by atoms with van der Waals surface area (Å²) in [7, 11) is -1.89. The first-order valence-corrected chi connectivity index (χ1v) is 16.7. The van der Waals surface area contributed by atoms with Gasteiger partial charge in [-0.05, 0) is 75.9 Å². The van der Waals surface area contributed by atoms with Crippen LogP contribution in [0.5, 0.6) is 0 Å². The second-order valence-electron chi connectivity index (χ2n) is 12.8. The van der Waals surface area contributed by atoms with Gasteiger partial charge in [0.05, 0.1) is 29.6 Å². The van der Waals surface area contributed by atoms with E-state index in [1.54, 1.807) is 43.9 Å². The largest absolute Gasteiger partial charge is 0.457 e. The average molecular weight is 636 g/mol. The molecule has 0 radical (unpaired) electrons. The summed E-state index contributed by atoms with van der Waals surface area (Å²) in [5, 5.41) is 20.1. The highest BCUT2D eigenvalue weighted by Crippen LogP contribution is 2.26. The number of amides is 1. The van der Waals surface area contributed by atoms with Crippen LogP contribution in [0.2, 0.25) is 0 Å². The molecule has 2 aliphatic heterocycles. The highest BCUT2D eigenvalue weighted by atomic mass is 32.2. The highest BCUT2D eigenvalue weighted by Gasteiger charge is 2.30. The van der Waals surface area contributed by atoms with Gasteiger partial charge in [-0.2, -0.15) is 0 Å². The summed E-state index contributed by atoms with van der Waals surface area (Å²) < 4.78 is 40.2. The molecule has 3 N–H and O–H groups in total. The van der Waals surface area contributed by atoms with Gasteiger partial charge in [-0.15, -0.1) is 0 Å². The fourth-order valence-corrected chi connectivity index (χ4v) is 6.66. The van der Waals surface area contributed by atoms with E-state index in [2.05, 4.69) is 9.62 Å². The van der Waals surface area contributed by atoms with E-state index in [9.17, 15) is 28.2 Å². The van der Waals surface area contributed by atoms with Crippen LogP contribution in [0, 0.1) is 11.8 Å². The van der Waals surface area contributed by atoms with Gasteiger partial charge in [-0.3, -0.25) is 4.79 Å². The number of likely N-dealkylation sites (N-methyl/N-ethyl adjacent to an activating group) is 1. The fraction of sp³-hybridized carbons (Fsp3) is 0.625. The van der Waals surface area contributed by atoms with Crippen LogP contribution in [-0.2, 0) is 24.3 Å². The minimum absolute atomic E-state index is 0.0336. The number of nitrogens with one attached hydrogen (secondary N) is 1. The van der Waals surface area contributed by atoms with E-state index in [1.807, 2.05) is 33.0 Å². The van der Waals surface area contributed by atoms with E-state index >= 15 is 0 Å². The summed E-state index contributed by atoms with van der Waals surface area (Å²) in [5.41, 5.74) is 0.209. The molecule has 1 saturated heterocycles. The second-order valence-corrected chi connectivity index (χ2v) is 14.5. The first-order valence-electron chi connectivity index (χ1n) is 15.2. The number of carbonyl (C=O) groups excluding carboxylic acids is 2. The van der Waals surface area contributed by atoms with E-state index in [0.29, 0.717) is 37.1 Å². The first kappa shape index (κ1) is 35.7. The zero-order valence-corrected chi connectivity index (χ0v) is 27.5. The lowest BCUT2D eigenvalue weighted by atomic mass is 9.91. The Balaban J connectivity index is 1.87. The molecule has 0 spiro atoms. The number of sulfonamides is 1. The number of piperazine rings is 1. The molecule has 246 valence electrons. The van der Waals surface area contributed by atoms with Crippen molar-refractivity contribution in [1.82, 2.24) is 14.5 Å². The topological polar surface area (TPSA) is 146 Å². The molecule has 1 aromatic carbocycles. The van der Waals surface area contributed by atoms with Gasteiger partial charge in [0, 0.05) is 32.1 Å². The smallest absolute Gasteiger partial charge is 0.410 e. The maximum absolute atomic E-state index is 13.0. The number of nitrogens with zero attached hydrogens (tertiary/aromatic N) is 2. The molecular weight excluding hydrogens is 586 g/mol. The van der Waals surface area contributed by atoms with Crippen molar-refractivity contribution in [2.24, 2.45) is 11.8 Å². The molecule has 44 heavy (non-hydrogen) atoms. The minimum Gasteiger partial charge on any atom is -0.457 e. The molecule has 11 nitrogen and oxygen atoms in total. The number of hydrogen-bond donors (Lipinski definition) is 3. The monoisotopic (exact) mass is 635 g/mol. The number of ether oxygens (including phenoxy) is 2. The van der Waals surface area contributed by atoms with Crippen LogP contribution in [0.3, 0.4) is 0 Å². The van der Waals surface area contributed by atoms with Crippen molar-refractivity contribution in [2.75, 3.05) is 39.8 Å². The Bertz CT molecular complexity index is 1300. The Morgan fingerprint density at radius 2 is 1.84 bits per heavy atom. The first-order chi connectivity index (χ1) is 20.6. The molecule has 1 fully saturated rings. The number of aliphatic hydroxyl groups excluding tert-OH is 2. The maximum Gasteiger partial charge on any atom is 0.410 e. The molecule has 0 saturated carbocycles. The fourth-order valence-electron chi connectivity index (χ4n) is 5.20. The van der Waals surface area contributed by atoms with Crippen molar-refractivity contribution in [2.45, 2.75) is 82.6 Å². The third kappa shape index (κ3) is 10.4. The summed E-state index contributed by atoms with van der Waals surface area (Å²) in [6, 6.07) is 6.34. The molecule has 5 atom stereocenters. The molecule has 12 heteroatoms. The Morgan fingerprint density at radius 1 is 1.16 bits per heavy atom.